The number of nitrogens with zero attached hydrogens (tertiary/aromatic N) is 1. The molecule has 0 aromatic heterocycles. The maximum Gasteiger partial charge on any atom is 0.151 e. The molecule has 0 bridgehead atoms. The molecule has 1 aliphatic rings. The van der Waals surface area contributed by atoms with E-state index in [1.165, 1.54) is 0 Å². The fraction of sp³-hybridized carbons (Fsp3) is 0.571. The summed E-state index contributed by atoms with van der Waals surface area (Å²) < 4.78 is 28.6. The van der Waals surface area contributed by atoms with Crippen molar-refractivity contribution in [2.24, 2.45) is 5.73 Å². The first kappa shape index (κ1) is 15.3. The highest BCUT2D eigenvalue weighted by Gasteiger charge is 2.20. The second kappa shape index (κ2) is 6.56. The molecule has 1 aromatic carbocycles. The van der Waals surface area contributed by atoms with Gasteiger partial charge in [-0.15, -0.1) is 0 Å². The van der Waals surface area contributed by atoms with Crippen molar-refractivity contribution < 1.29 is 13.2 Å². The Morgan fingerprint density at radius 1 is 1.30 bits per heavy atom. The molecular weight excluding hydrogens is 276 g/mol. The molecular formula is C14H22N2O3S. The van der Waals surface area contributed by atoms with Gasteiger partial charge in [0, 0.05) is 25.2 Å². The van der Waals surface area contributed by atoms with Crippen LogP contribution in [-0.2, 0) is 22.9 Å². The Kier molecular flexibility index (Phi) is 5.01. The van der Waals surface area contributed by atoms with Crippen LogP contribution in [0.15, 0.2) is 18.2 Å². The molecule has 5 nitrogen and oxygen atoms in total. The average molecular weight is 298 g/mol. The first-order valence-corrected chi connectivity index (χ1v) is 8.65. The molecule has 0 atom stereocenters. The number of rotatable bonds is 4. The number of hydrogen-bond donors (Lipinski definition) is 1. The Labute approximate surface area is 120 Å². The third-order valence-electron chi connectivity index (χ3n) is 3.62. The summed E-state index contributed by atoms with van der Waals surface area (Å²) in [7, 11) is -1.22. The summed E-state index contributed by atoms with van der Waals surface area (Å²) in [6.07, 6.45) is 0.696. The second-order valence-electron chi connectivity index (χ2n) is 5.13. The van der Waals surface area contributed by atoms with Gasteiger partial charge in [-0.1, -0.05) is 6.07 Å². The van der Waals surface area contributed by atoms with Gasteiger partial charge in [0.1, 0.15) is 5.75 Å². The molecule has 1 aromatic rings. The molecule has 2 N–H and O–H groups in total. The minimum absolute atomic E-state index is 0.242. The Morgan fingerprint density at radius 2 is 2.10 bits per heavy atom. The van der Waals surface area contributed by atoms with E-state index in [1.807, 2.05) is 18.2 Å². The van der Waals surface area contributed by atoms with Gasteiger partial charge >= 0.3 is 0 Å². The van der Waals surface area contributed by atoms with Crippen LogP contribution in [0.1, 0.15) is 17.5 Å². The Balaban J connectivity index is 2.12. The molecule has 0 radical (unpaired) electrons. The van der Waals surface area contributed by atoms with Gasteiger partial charge in [0.05, 0.1) is 18.6 Å². The fourth-order valence-electron chi connectivity index (χ4n) is 2.47. The van der Waals surface area contributed by atoms with Crippen LogP contribution in [0.5, 0.6) is 5.75 Å². The topological polar surface area (TPSA) is 72.6 Å². The second-order valence-corrected chi connectivity index (χ2v) is 7.44. The smallest absolute Gasteiger partial charge is 0.151 e. The Bertz CT molecular complexity index is 558. The maximum absolute atomic E-state index is 11.6. The van der Waals surface area contributed by atoms with Crippen molar-refractivity contribution in [3.8, 4) is 5.75 Å². The molecule has 1 saturated heterocycles. The van der Waals surface area contributed by atoms with Gasteiger partial charge in [-0.2, -0.15) is 0 Å². The molecule has 1 fully saturated rings. The lowest BCUT2D eigenvalue weighted by atomic mass is 10.1. The van der Waals surface area contributed by atoms with Gasteiger partial charge in [-0.3, -0.25) is 4.90 Å². The maximum atomic E-state index is 11.6. The summed E-state index contributed by atoms with van der Waals surface area (Å²) >= 11 is 0. The highest BCUT2D eigenvalue weighted by molar-refractivity contribution is 7.91. The monoisotopic (exact) mass is 298 g/mol. The van der Waals surface area contributed by atoms with Crippen LogP contribution in [-0.4, -0.2) is 45.0 Å². The van der Waals surface area contributed by atoms with Crippen molar-refractivity contribution in [2.75, 3.05) is 31.7 Å². The van der Waals surface area contributed by atoms with Crippen LogP contribution in [0.25, 0.3) is 0 Å². The first-order valence-electron chi connectivity index (χ1n) is 6.83. The number of ether oxygens (including phenoxy) is 1. The van der Waals surface area contributed by atoms with Crippen LogP contribution in [0.3, 0.4) is 0 Å². The van der Waals surface area contributed by atoms with Crippen LogP contribution in [0.2, 0.25) is 0 Å². The van der Waals surface area contributed by atoms with Gasteiger partial charge in [-0.25, -0.2) is 8.42 Å². The standard InChI is InChI=1S/C14H22N2O3S/c1-19-14-4-3-12(10-15)9-13(14)11-16-5-2-7-20(17,18)8-6-16/h3-4,9H,2,5-8,10-11,15H2,1H3. The predicted molar refractivity (Wildman–Crippen MR) is 79.4 cm³/mol. The summed E-state index contributed by atoms with van der Waals surface area (Å²) in [6, 6.07) is 5.92. The number of hydrogen-bond acceptors (Lipinski definition) is 5. The summed E-state index contributed by atoms with van der Waals surface area (Å²) in [5.74, 6) is 1.37. The lowest BCUT2D eigenvalue weighted by molar-refractivity contribution is 0.281. The molecule has 6 heteroatoms. The van der Waals surface area contributed by atoms with E-state index in [9.17, 15) is 8.42 Å². The molecule has 0 aliphatic carbocycles. The fourth-order valence-corrected chi connectivity index (χ4v) is 3.78. The number of nitrogens with two attached hydrogens (primary N) is 1. The molecule has 1 aliphatic heterocycles. The zero-order chi connectivity index (χ0) is 14.6. The van der Waals surface area contributed by atoms with Crippen molar-refractivity contribution in [1.82, 2.24) is 4.90 Å². The van der Waals surface area contributed by atoms with Gasteiger partial charge in [-0.05, 0) is 30.7 Å². The Morgan fingerprint density at radius 3 is 2.80 bits per heavy atom. The summed E-state index contributed by atoms with van der Waals surface area (Å²) in [5.41, 5.74) is 7.79. The minimum atomic E-state index is -2.87. The average Bonchev–Trinajstić information content (AvgIpc) is 2.60. The van der Waals surface area contributed by atoms with Crippen LogP contribution < -0.4 is 10.5 Å². The van der Waals surface area contributed by atoms with Crippen molar-refractivity contribution in [3.63, 3.8) is 0 Å². The van der Waals surface area contributed by atoms with E-state index in [-0.39, 0.29) is 5.75 Å². The highest BCUT2D eigenvalue weighted by Crippen LogP contribution is 2.22. The number of methoxy groups -OCH3 is 1. The van der Waals surface area contributed by atoms with Gasteiger partial charge in [0.15, 0.2) is 9.84 Å². The lowest BCUT2D eigenvalue weighted by Gasteiger charge is -2.21. The largest absolute Gasteiger partial charge is 0.496 e. The molecule has 2 rings (SSSR count). The minimum Gasteiger partial charge on any atom is -0.496 e. The van der Waals surface area contributed by atoms with Crippen LogP contribution in [0.4, 0.5) is 0 Å². The van der Waals surface area contributed by atoms with Gasteiger partial charge in [0.2, 0.25) is 0 Å². The van der Waals surface area contributed by atoms with E-state index in [4.69, 9.17) is 10.5 Å². The van der Waals surface area contributed by atoms with E-state index in [0.29, 0.717) is 31.8 Å². The molecule has 112 valence electrons. The van der Waals surface area contributed by atoms with Crippen molar-refractivity contribution >= 4 is 9.84 Å². The Hall–Kier alpha value is -1.11. The molecule has 1 heterocycles. The van der Waals surface area contributed by atoms with E-state index in [2.05, 4.69) is 4.90 Å². The van der Waals surface area contributed by atoms with Crippen molar-refractivity contribution in [3.05, 3.63) is 29.3 Å². The SMILES string of the molecule is COc1ccc(CN)cc1CN1CCCS(=O)(=O)CC1. The molecule has 0 saturated carbocycles. The first-order chi connectivity index (χ1) is 9.54. The molecule has 0 unspecified atom stereocenters. The van der Waals surface area contributed by atoms with E-state index in [1.54, 1.807) is 7.11 Å². The van der Waals surface area contributed by atoms with Gasteiger partial charge < -0.3 is 10.5 Å². The predicted octanol–water partition coefficient (Wildman–Crippen LogP) is 0.774. The van der Waals surface area contributed by atoms with Crippen LogP contribution in [0, 0.1) is 0 Å². The third-order valence-corrected chi connectivity index (χ3v) is 5.34. The quantitative estimate of drug-likeness (QED) is 0.889. The third kappa shape index (κ3) is 3.94. The molecule has 0 spiro atoms. The van der Waals surface area contributed by atoms with Crippen LogP contribution >= 0.6 is 0 Å². The van der Waals surface area contributed by atoms with E-state index in [0.717, 1.165) is 23.4 Å². The normalized spacial score (nSPS) is 19.5. The number of sulfone groups is 1. The molecule has 0 amide bonds. The zero-order valence-electron chi connectivity index (χ0n) is 11.8. The summed E-state index contributed by atoms with van der Waals surface area (Å²) in [6.45, 7) is 2.57. The van der Waals surface area contributed by atoms with E-state index >= 15 is 0 Å². The van der Waals surface area contributed by atoms with E-state index < -0.39 is 9.84 Å². The van der Waals surface area contributed by atoms with Gasteiger partial charge in [0.25, 0.3) is 0 Å². The van der Waals surface area contributed by atoms with Crippen molar-refractivity contribution in [1.29, 1.82) is 0 Å². The number of benzene rings is 1. The zero-order valence-corrected chi connectivity index (χ0v) is 12.7. The summed E-state index contributed by atoms with van der Waals surface area (Å²) in [5, 5.41) is 0. The lowest BCUT2D eigenvalue weighted by Crippen LogP contribution is -2.27. The highest BCUT2D eigenvalue weighted by atomic mass is 32.2. The molecule has 20 heavy (non-hydrogen) atoms. The summed E-state index contributed by atoms with van der Waals surface area (Å²) in [4.78, 5) is 2.17. The van der Waals surface area contributed by atoms with Crippen molar-refractivity contribution in [2.45, 2.75) is 19.5 Å².